The van der Waals surface area contributed by atoms with Crippen molar-refractivity contribution < 1.29 is 9.53 Å². The number of carbonyl (C=O) groups excluding carboxylic acids is 1. The molecule has 5 heteroatoms. The molecular formula is C13H18N2O3. The molecule has 1 aromatic heterocycles. The minimum Gasteiger partial charge on any atom is -0.381 e. The molecule has 98 valence electrons. The van der Waals surface area contributed by atoms with Crippen LogP contribution in [0.5, 0.6) is 0 Å². The Morgan fingerprint density at radius 2 is 2.28 bits per heavy atom. The molecule has 1 saturated carbocycles. The second-order valence-corrected chi connectivity index (χ2v) is 5.23. The van der Waals surface area contributed by atoms with E-state index in [1.807, 2.05) is 13.8 Å². The van der Waals surface area contributed by atoms with Crippen LogP contribution in [0.1, 0.15) is 30.6 Å². The molecule has 2 N–H and O–H groups in total. The van der Waals surface area contributed by atoms with Gasteiger partial charge in [-0.1, -0.05) is 13.8 Å². The molecule has 0 radical (unpaired) electrons. The van der Waals surface area contributed by atoms with E-state index in [1.165, 1.54) is 18.5 Å². The van der Waals surface area contributed by atoms with Gasteiger partial charge in [0.1, 0.15) is 5.56 Å². The summed E-state index contributed by atoms with van der Waals surface area (Å²) in [7, 11) is 1.67. The number of nitrogens with one attached hydrogen (secondary N) is 2. The van der Waals surface area contributed by atoms with Crippen LogP contribution in [0.2, 0.25) is 0 Å². The molecule has 5 nitrogen and oxygen atoms in total. The van der Waals surface area contributed by atoms with E-state index >= 15 is 0 Å². The Labute approximate surface area is 106 Å². The third-order valence-electron chi connectivity index (χ3n) is 3.84. The highest BCUT2D eigenvalue weighted by molar-refractivity contribution is 5.94. The maximum Gasteiger partial charge on any atom is 0.256 e. The number of methoxy groups -OCH3 is 1. The van der Waals surface area contributed by atoms with Gasteiger partial charge in [0.15, 0.2) is 5.43 Å². The van der Waals surface area contributed by atoms with Crippen LogP contribution in [0.15, 0.2) is 23.3 Å². The third kappa shape index (κ3) is 2.06. The number of carbonyl (C=O) groups is 1. The molecule has 0 spiro atoms. The van der Waals surface area contributed by atoms with E-state index in [0.29, 0.717) is 0 Å². The highest BCUT2D eigenvalue weighted by Crippen LogP contribution is 2.42. The molecular weight excluding hydrogens is 232 g/mol. The topological polar surface area (TPSA) is 71.2 Å². The SMILES string of the molecule is COC1CC(NC(=O)c2c[nH]ccc2=O)C1(C)C. The van der Waals surface area contributed by atoms with Gasteiger partial charge in [-0.05, 0) is 6.42 Å². The fraction of sp³-hybridized carbons (Fsp3) is 0.538. The van der Waals surface area contributed by atoms with Gasteiger partial charge in [0.05, 0.1) is 6.10 Å². The summed E-state index contributed by atoms with van der Waals surface area (Å²) in [5, 5.41) is 2.89. The normalized spacial score (nSPS) is 25.3. The van der Waals surface area contributed by atoms with Gasteiger partial charge < -0.3 is 15.0 Å². The number of hydrogen-bond acceptors (Lipinski definition) is 3. The van der Waals surface area contributed by atoms with Crippen LogP contribution < -0.4 is 10.7 Å². The Morgan fingerprint density at radius 3 is 2.83 bits per heavy atom. The second kappa shape index (κ2) is 4.57. The quantitative estimate of drug-likeness (QED) is 0.838. The predicted octanol–water partition coefficient (Wildman–Crippen LogP) is 0.918. The molecule has 1 aliphatic carbocycles. The van der Waals surface area contributed by atoms with Crippen LogP contribution in [-0.4, -0.2) is 30.1 Å². The van der Waals surface area contributed by atoms with Crippen molar-refractivity contribution in [1.82, 2.24) is 10.3 Å². The number of ether oxygens (including phenoxy) is 1. The Balaban J connectivity index is 2.06. The first-order chi connectivity index (χ1) is 8.46. The van der Waals surface area contributed by atoms with E-state index in [9.17, 15) is 9.59 Å². The van der Waals surface area contributed by atoms with Gasteiger partial charge in [-0.25, -0.2) is 0 Å². The van der Waals surface area contributed by atoms with Crippen molar-refractivity contribution in [3.63, 3.8) is 0 Å². The number of H-pyrrole nitrogens is 1. The van der Waals surface area contributed by atoms with Crippen molar-refractivity contribution in [3.05, 3.63) is 34.2 Å². The van der Waals surface area contributed by atoms with Crippen molar-refractivity contribution in [2.24, 2.45) is 5.41 Å². The lowest BCUT2D eigenvalue weighted by Crippen LogP contribution is -2.62. The summed E-state index contributed by atoms with van der Waals surface area (Å²) in [5.74, 6) is -0.329. The fourth-order valence-electron chi connectivity index (χ4n) is 2.36. The van der Waals surface area contributed by atoms with Gasteiger partial charge in [0, 0.05) is 37.0 Å². The monoisotopic (exact) mass is 250 g/mol. The summed E-state index contributed by atoms with van der Waals surface area (Å²) in [6, 6.07) is 1.38. The fourth-order valence-corrected chi connectivity index (χ4v) is 2.36. The highest BCUT2D eigenvalue weighted by atomic mass is 16.5. The van der Waals surface area contributed by atoms with Gasteiger partial charge in [-0.2, -0.15) is 0 Å². The first-order valence-electron chi connectivity index (χ1n) is 5.97. The van der Waals surface area contributed by atoms with Crippen LogP contribution in [-0.2, 0) is 4.74 Å². The predicted molar refractivity (Wildman–Crippen MR) is 67.5 cm³/mol. The van der Waals surface area contributed by atoms with Crippen LogP contribution in [0.25, 0.3) is 0 Å². The van der Waals surface area contributed by atoms with Crippen molar-refractivity contribution in [1.29, 1.82) is 0 Å². The average molecular weight is 250 g/mol. The minimum absolute atomic E-state index is 0.0366. The van der Waals surface area contributed by atoms with Gasteiger partial charge in [0.2, 0.25) is 0 Å². The van der Waals surface area contributed by atoms with Crippen molar-refractivity contribution in [2.75, 3.05) is 7.11 Å². The minimum atomic E-state index is -0.329. The first-order valence-corrected chi connectivity index (χ1v) is 5.97. The summed E-state index contributed by atoms with van der Waals surface area (Å²) in [6.07, 6.45) is 3.86. The molecule has 1 aromatic rings. The van der Waals surface area contributed by atoms with E-state index in [2.05, 4.69) is 10.3 Å². The standard InChI is InChI=1S/C13H18N2O3/c1-13(2)10(6-11(13)18-3)15-12(17)8-7-14-5-4-9(8)16/h4-5,7,10-11H,6H2,1-3H3,(H,14,16)(H,15,17). The van der Waals surface area contributed by atoms with E-state index in [0.717, 1.165) is 6.42 Å². The zero-order chi connectivity index (χ0) is 13.3. The van der Waals surface area contributed by atoms with Crippen LogP contribution >= 0.6 is 0 Å². The lowest BCUT2D eigenvalue weighted by atomic mass is 9.64. The van der Waals surface area contributed by atoms with Crippen molar-refractivity contribution >= 4 is 5.91 Å². The molecule has 2 atom stereocenters. The van der Waals surface area contributed by atoms with E-state index in [-0.39, 0.29) is 34.5 Å². The third-order valence-corrected chi connectivity index (χ3v) is 3.84. The molecule has 1 fully saturated rings. The molecule has 1 aliphatic rings. The summed E-state index contributed by atoms with van der Waals surface area (Å²) in [5.41, 5.74) is -0.229. The number of rotatable bonds is 3. The van der Waals surface area contributed by atoms with Crippen molar-refractivity contribution in [3.8, 4) is 0 Å². The van der Waals surface area contributed by atoms with Crippen LogP contribution in [0.4, 0.5) is 0 Å². The highest BCUT2D eigenvalue weighted by Gasteiger charge is 2.49. The lowest BCUT2D eigenvalue weighted by Gasteiger charge is -2.51. The number of aromatic amines is 1. The number of aromatic nitrogens is 1. The zero-order valence-electron chi connectivity index (χ0n) is 10.8. The molecule has 18 heavy (non-hydrogen) atoms. The molecule has 2 unspecified atom stereocenters. The molecule has 0 bridgehead atoms. The molecule has 0 aromatic carbocycles. The number of hydrogen-bond donors (Lipinski definition) is 2. The molecule has 1 heterocycles. The van der Waals surface area contributed by atoms with Gasteiger partial charge in [-0.3, -0.25) is 9.59 Å². The molecule has 0 aliphatic heterocycles. The van der Waals surface area contributed by atoms with E-state index in [1.54, 1.807) is 7.11 Å². The maximum absolute atomic E-state index is 12.0. The average Bonchev–Trinajstić information content (AvgIpc) is 2.34. The second-order valence-electron chi connectivity index (χ2n) is 5.23. The van der Waals surface area contributed by atoms with Gasteiger partial charge in [-0.15, -0.1) is 0 Å². The van der Waals surface area contributed by atoms with E-state index < -0.39 is 0 Å². The zero-order valence-corrected chi connectivity index (χ0v) is 10.8. The van der Waals surface area contributed by atoms with Crippen molar-refractivity contribution in [2.45, 2.75) is 32.4 Å². The van der Waals surface area contributed by atoms with Gasteiger partial charge in [0.25, 0.3) is 5.91 Å². The summed E-state index contributed by atoms with van der Waals surface area (Å²) < 4.78 is 5.32. The van der Waals surface area contributed by atoms with Gasteiger partial charge >= 0.3 is 0 Å². The summed E-state index contributed by atoms with van der Waals surface area (Å²) in [6.45, 7) is 4.09. The molecule has 0 saturated heterocycles. The lowest BCUT2D eigenvalue weighted by molar-refractivity contribution is -0.0942. The Bertz CT molecular complexity index is 507. The Morgan fingerprint density at radius 1 is 1.56 bits per heavy atom. The largest absolute Gasteiger partial charge is 0.381 e. The molecule has 1 amide bonds. The Hall–Kier alpha value is -1.62. The van der Waals surface area contributed by atoms with Crippen LogP contribution in [0.3, 0.4) is 0 Å². The number of amides is 1. The smallest absolute Gasteiger partial charge is 0.256 e. The molecule has 2 rings (SSSR count). The maximum atomic E-state index is 12.0. The number of pyridine rings is 1. The van der Waals surface area contributed by atoms with Crippen LogP contribution in [0, 0.1) is 5.41 Å². The summed E-state index contributed by atoms with van der Waals surface area (Å²) in [4.78, 5) is 26.3. The summed E-state index contributed by atoms with van der Waals surface area (Å²) >= 11 is 0. The van der Waals surface area contributed by atoms with E-state index in [4.69, 9.17) is 4.74 Å². The first kappa shape index (κ1) is 12.8. The Kier molecular flexibility index (Phi) is 3.26.